The molecule has 0 fully saturated rings. The molecule has 2 aromatic rings. The van der Waals surface area contributed by atoms with Gasteiger partial charge < -0.3 is 16.2 Å². The highest BCUT2D eigenvalue weighted by Gasteiger charge is 2.10. The normalized spacial score (nSPS) is 10.2. The van der Waals surface area contributed by atoms with E-state index in [4.69, 9.17) is 16.2 Å². The van der Waals surface area contributed by atoms with Gasteiger partial charge in [-0.3, -0.25) is 0 Å². The average Bonchev–Trinajstić information content (AvgIpc) is 2.31. The first-order valence-electron chi connectivity index (χ1n) is 5.91. The van der Waals surface area contributed by atoms with Crippen LogP contribution in [0.5, 0.6) is 5.75 Å². The molecule has 4 nitrogen and oxygen atoms in total. The smallest absolute Gasteiger partial charge is 0.343 e. The van der Waals surface area contributed by atoms with E-state index in [1.807, 2.05) is 19.9 Å². The highest BCUT2D eigenvalue weighted by atomic mass is 16.5. The molecular formula is C15H16N2O2. The van der Waals surface area contributed by atoms with Gasteiger partial charge in [-0.25, -0.2) is 4.79 Å². The Bertz CT molecular complexity index is 616. The lowest BCUT2D eigenvalue weighted by Gasteiger charge is -2.07. The number of rotatable bonds is 2. The number of aryl methyl sites for hydroxylation is 2. The molecule has 0 bridgehead atoms. The second kappa shape index (κ2) is 5.02. The first-order valence-corrected chi connectivity index (χ1v) is 5.91. The highest BCUT2D eigenvalue weighted by molar-refractivity contribution is 5.91. The quantitative estimate of drug-likeness (QED) is 0.492. The SMILES string of the molecule is Cc1ccc(C(=O)Oc2cc(N)cc(N)c2)cc1C. The molecule has 0 saturated heterocycles. The van der Waals surface area contributed by atoms with Crippen LogP contribution in [-0.2, 0) is 0 Å². The van der Waals surface area contributed by atoms with Crippen LogP contribution in [0.15, 0.2) is 36.4 Å². The van der Waals surface area contributed by atoms with E-state index in [2.05, 4.69) is 0 Å². The molecule has 0 atom stereocenters. The fourth-order valence-corrected chi connectivity index (χ4v) is 1.74. The molecule has 0 unspecified atom stereocenters. The zero-order chi connectivity index (χ0) is 14.0. The fraction of sp³-hybridized carbons (Fsp3) is 0.133. The van der Waals surface area contributed by atoms with Crippen molar-refractivity contribution in [2.24, 2.45) is 0 Å². The van der Waals surface area contributed by atoms with E-state index in [1.54, 1.807) is 30.3 Å². The van der Waals surface area contributed by atoms with Gasteiger partial charge >= 0.3 is 5.97 Å². The summed E-state index contributed by atoms with van der Waals surface area (Å²) in [5.41, 5.74) is 14.9. The molecule has 19 heavy (non-hydrogen) atoms. The van der Waals surface area contributed by atoms with Crippen LogP contribution >= 0.6 is 0 Å². The van der Waals surface area contributed by atoms with Crippen LogP contribution in [0, 0.1) is 13.8 Å². The Morgan fingerprint density at radius 1 is 0.947 bits per heavy atom. The maximum Gasteiger partial charge on any atom is 0.343 e. The molecule has 0 spiro atoms. The van der Waals surface area contributed by atoms with Crippen LogP contribution < -0.4 is 16.2 Å². The Morgan fingerprint density at radius 3 is 2.16 bits per heavy atom. The van der Waals surface area contributed by atoms with Gasteiger partial charge in [-0.15, -0.1) is 0 Å². The number of nitrogens with two attached hydrogens (primary N) is 2. The first kappa shape index (κ1) is 13.0. The van der Waals surface area contributed by atoms with Crippen molar-refractivity contribution in [1.29, 1.82) is 0 Å². The van der Waals surface area contributed by atoms with Gasteiger partial charge in [0.1, 0.15) is 5.75 Å². The van der Waals surface area contributed by atoms with Crippen molar-refractivity contribution >= 4 is 17.3 Å². The Hall–Kier alpha value is -2.49. The summed E-state index contributed by atoms with van der Waals surface area (Å²) in [5, 5.41) is 0. The number of benzene rings is 2. The van der Waals surface area contributed by atoms with E-state index in [0.29, 0.717) is 22.7 Å². The molecule has 0 aromatic heterocycles. The molecule has 98 valence electrons. The van der Waals surface area contributed by atoms with Crippen LogP contribution in [0.1, 0.15) is 21.5 Å². The molecule has 2 rings (SSSR count). The summed E-state index contributed by atoms with van der Waals surface area (Å²) in [6, 6.07) is 10.2. The van der Waals surface area contributed by atoms with Crippen molar-refractivity contribution < 1.29 is 9.53 Å². The molecule has 0 aliphatic carbocycles. The van der Waals surface area contributed by atoms with E-state index in [-0.39, 0.29) is 0 Å². The van der Waals surface area contributed by atoms with Crippen molar-refractivity contribution in [2.45, 2.75) is 13.8 Å². The first-order chi connectivity index (χ1) is 8.95. The summed E-state index contributed by atoms with van der Waals surface area (Å²) in [5.74, 6) is -0.0752. The van der Waals surface area contributed by atoms with Gasteiger partial charge in [0.25, 0.3) is 0 Å². The zero-order valence-electron chi connectivity index (χ0n) is 10.9. The molecule has 0 aliphatic rings. The molecule has 0 saturated carbocycles. The van der Waals surface area contributed by atoms with Crippen molar-refractivity contribution in [1.82, 2.24) is 0 Å². The van der Waals surface area contributed by atoms with Crippen LogP contribution in [0.4, 0.5) is 11.4 Å². The lowest BCUT2D eigenvalue weighted by atomic mass is 10.1. The zero-order valence-corrected chi connectivity index (χ0v) is 10.9. The highest BCUT2D eigenvalue weighted by Crippen LogP contribution is 2.21. The van der Waals surface area contributed by atoms with Crippen LogP contribution in [-0.4, -0.2) is 5.97 Å². The minimum Gasteiger partial charge on any atom is -0.423 e. The molecule has 0 radical (unpaired) electrons. The third kappa shape index (κ3) is 3.04. The Labute approximate surface area is 112 Å². The molecule has 4 N–H and O–H groups in total. The van der Waals surface area contributed by atoms with Gasteiger partial charge in [-0.05, 0) is 43.2 Å². The van der Waals surface area contributed by atoms with E-state index in [0.717, 1.165) is 11.1 Å². The number of hydrogen-bond donors (Lipinski definition) is 2. The lowest BCUT2D eigenvalue weighted by Crippen LogP contribution is -2.09. The number of ether oxygens (including phenoxy) is 1. The monoisotopic (exact) mass is 256 g/mol. The molecular weight excluding hydrogens is 240 g/mol. The largest absolute Gasteiger partial charge is 0.423 e. The summed E-state index contributed by atoms with van der Waals surface area (Å²) in [6.45, 7) is 3.94. The summed E-state index contributed by atoms with van der Waals surface area (Å²) in [7, 11) is 0. The number of nitrogen functional groups attached to an aromatic ring is 2. The van der Waals surface area contributed by atoms with Crippen LogP contribution in [0.3, 0.4) is 0 Å². The Balaban J connectivity index is 2.22. The van der Waals surface area contributed by atoms with Gasteiger partial charge in [0.05, 0.1) is 5.56 Å². The standard InChI is InChI=1S/C15H16N2O2/c1-9-3-4-11(5-10(9)2)15(18)19-14-7-12(16)6-13(17)8-14/h3-8H,16-17H2,1-2H3. The van der Waals surface area contributed by atoms with Crippen LogP contribution in [0.25, 0.3) is 0 Å². The predicted octanol–water partition coefficient (Wildman–Crippen LogP) is 2.69. The predicted molar refractivity (Wildman–Crippen MR) is 76.1 cm³/mol. The molecule has 0 heterocycles. The minimum atomic E-state index is -0.423. The van der Waals surface area contributed by atoms with Crippen LogP contribution in [0.2, 0.25) is 0 Å². The van der Waals surface area contributed by atoms with Crippen molar-refractivity contribution in [3.63, 3.8) is 0 Å². The number of hydrogen-bond acceptors (Lipinski definition) is 4. The number of esters is 1. The minimum absolute atomic E-state index is 0.348. The third-order valence-corrected chi connectivity index (χ3v) is 2.90. The van der Waals surface area contributed by atoms with Crippen molar-refractivity contribution in [3.05, 3.63) is 53.1 Å². The van der Waals surface area contributed by atoms with Gasteiger partial charge in [0.15, 0.2) is 0 Å². The summed E-state index contributed by atoms with van der Waals surface area (Å²) in [6.07, 6.45) is 0. The van der Waals surface area contributed by atoms with Gasteiger partial charge in [-0.2, -0.15) is 0 Å². The fourth-order valence-electron chi connectivity index (χ4n) is 1.74. The second-order valence-electron chi connectivity index (χ2n) is 4.52. The van der Waals surface area contributed by atoms with Gasteiger partial charge in [0, 0.05) is 23.5 Å². The van der Waals surface area contributed by atoms with Crippen molar-refractivity contribution in [3.8, 4) is 5.75 Å². The summed E-state index contributed by atoms with van der Waals surface area (Å²) >= 11 is 0. The topological polar surface area (TPSA) is 78.3 Å². The third-order valence-electron chi connectivity index (χ3n) is 2.90. The molecule has 2 aromatic carbocycles. The van der Waals surface area contributed by atoms with Crippen molar-refractivity contribution in [2.75, 3.05) is 11.5 Å². The Kier molecular flexibility index (Phi) is 3.42. The molecule has 0 amide bonds. The van der Waals surface area contributed by atoms with E-state index in [1.165, 1.54) is 0 Å². The summed E-state index contributed by atoms with van der Waals surface area (Å²) < 4.78 is 5.26. The maximum absolute atomic E-state index is 12.0. The summed E-state index contributed by atoms with van der Waals surface area (Å²) in [4.78, 5) is 12.0. The van der Waals surface area contributed by atoms with Gasteiger partial charge in [-0.1, -0.05) is 6.07 Å². The molecule has 0 aliphatic heterocycles. The van der Waals surface area contributed by atoms with Gasteiger partial charge in [0.2, 0.25) is 0 Å². The maximum atomic E-state index is 12.0. The lowest BCUT2D eigenvalue weighted by molar-refractivity contribution is 0.0735. The van der Waals surface area contributed by atoms with E-state index >= 15 is 0 Å². The molecule has 4 heteroatoms. The number of carbonyl (C=O) groups is 1. The van der Waals surface area contributed by atoms with E-state index in [9.17, 15) is 4.79 Å². The Morgan fingerprint density at radius 2 is 1.58 bits per heavy atom. The number of carbonyl (C=O) groups excluding carboxylic acids is 1. The number of anilines is 2. The second-order valence-corrected chi connectivity index (χ2v) is 4.52. The van der Waals surface area contributed by atoms with E-state index < -0.39 is 5.97 Å². The average molecular weight is 256 g/mol.